The van der Waals surface area contributed by atoms with E-state index in [2.05, 4.69) is 15.9 Å². The minimum atomic E-state index is -0.900. The summed E-state index contributed by atoms with van der Waals surface area (Å²) in [6.45, 7) is 0. The number of halogens is 3. The number of rotatable bonds is 2. The summed E-state index contributed by atoms with van der Waals surface area (Å²) >= 11 is 4.54. The molecule has 2 aromatic rings. The van der Waals surface area contributed by atoms with Crippen LogP contribution in [0.2, 0.25) is 0 Å². The third-order valence-electron chi connectivity index (χ3n) is 2.30. The van der Waals surface area contributed by atoms with Crippen LogP contribution in [0.1, 0.15) is 17.2 Å². The van der Waals surface area contributed by atoms with Gasteiger partial charge in [-0.25, -0.2) is 8.78 Å². The first kappa shape index (κ1) is 11.7. The summed E-state index contributed by atoms with van der Waals surface area (Å²) in [6.07, 6.45) is 0. The zero-order valence-corrected chi connectivity index (χ0v) is 10.5. The Balaban J connectivity index is 2.45. The van der Waals surface area contributed by atoms with E-state index in [-0.39, 0.29) is 4.47 Å². The van der Waals surface area contributed by atoms with Crippen LogP contribution in [0.15, 0.2) is 33.4 Å². The van der Waals surface area contributed by atoms with Gasteiger partial charge in [-0.3, -0.25) is 0 Å². The Bertz CT molecular complexity index is 499. The fourth-order valence-electron chi connectivity index (χ4n) is 1.41. The highest BCUT2D eigenvalue weighted by Crippen LogP contribution is 2.30. The average Bonchev–Trinajstić information content (AvgIpc) is 2.79. The maximum atomic E-state index is 13.3. The van der Waals surface area contributed by atoms with Crippen LogP contribution in [-0.4, -0.2) is 0 Å². The number of thiophene rings is 1. The van der Waals surface area contributed by atoms with Crippen molar-refractivity contribution in [2.45, 2.75) is 6.04 Å². The van der Waals surface area contributed by atoms with Gasteiger partial charge in [0.2, 0.25) is 0 Å². The van der Waals surface area contributed by atoms with Crippen LogP contribution in [0.4, 0.5) is 8.78 Å². The Morgan fingerprint density at radius 3 is 2.62 bits per heavy atom. The zero-order valence-electron chi connectivity index (χ0n) is 8.08. The molecule has 16 heavy (non-hydrogen) atoms. The van der Waals surface area contributed by atoms with E-state index in [1.165, 1.54) is 17.4 Å². The summed E-state index contributed by atoms with van der Waals surface area (Å²) in [4.78, 5) is 0. The maximum Gasteiger partial charge on any atom is 0.173 e. The van der Waals surface area contributed by atoms with Crippen molar-refractivity contribution in [1.29, 1.82) is 0 Å². The summed E-state index contributed by atoms with van der Waals surface area (Å²) in [6, 6.07) is 3.99. The Hall–Kier alpha value is -0.780. The molecule has 84 valence electrons. The number of benzene rings is 1. The van der Waals surface area contributed by atoms with Crippen LogP contribution in [0.25, 0.3) is 0 Å². The molecule has 1 heterocycles. The lowest BCUT2D eigenvalue weighted by atomic mass is 10.0. The highest BCUT2D eigenvalue weighted by molar-refractivity contribution is 9.10. The average molecular weight is 304 g/mol. The molecule has 0 fully saturated rings. The van der Waals surface area contributed by atoms with Crippen molar-refractivity contribution in [3.63, 3.8) is 0 Å². The first-order valence-electron chi connectivity index (χ1n) is 4.52. The molecule has 0 aliphatic heterocycles. The lowest BCUT2D eigenvalue weighted by molar-refractivity contribution is 0.501. The molecule has 0 spiro atoms. The van der Waals surface area contributed by atoms with E-state index in [1.807, 2.05) is 16.8 Å². The van der Waals surface area contributed by atoms with Gasteiger partial charge < -0.3 is 5.73 Å². The van der Waals surface area contributed by atoms with Crippen LogP contribution in [0.5, 0.6) is 0 Å². The SMILES string of the molecule is NC(c1ccsc1)c1ccc(F)c(F)c1Br. The second kappa shape index (κ2) is 4.61. The first-order chi connectivity index (χ1) is 7.61. The van der Waals surface area contributed by atoms with E-state index in [1.54, 1.807) is 0 Å². The molecule has 1 aromatic carbocycles. The minimum Gasteiger partial charge on any atom is -0.320 e. The van der Waals surface area contributed by atoms with Crippen LogP contribution in [-0.2, 0) is 0 Å². The molecule has 1 atom stereocenters. The van der Waals surface area contributed by atoms with E-state index >= 15 is 0 Å². The van der Waals surface area contributed by atoms with Crippen molar-refractivity contribution < 1.29 is 8.78 Å². The molecule has 2 rings (SSSR count). The first-order valence-corrected chi connectivity index (χ1v) is 6.26. The quantitative estimate of drug-likeness (QED) is 0.838. The fraction of sp³-hybridized carbons (Fsp3) is 0.0909. The highest BCUT2D eigenvalue weighted by atomic mass is 79.9. The summed E-state index contributed by atoms with van der Waals surface area (Å²) < 4.78 is 26.3. The second-order valence-electron chi connectivity index (χ2n) is 3.30. The summed E-state index contributed by atoms with van der Waals surface area (Å²) in [5, 5.41) is 3.78. The fourth-order valence-corrected chi connectivity index (χ4v) is 2.68. The molecule has 0 aliphatic carbocycles. The van der Waals surface area contributed by atoms with Gasteiger partial charge in [-0.1, -0.05) is 6.07 Å². The summed E-state index contributed by atoms with van der Waals surface area (Å²) in [5.41, 5.74) is 7.39. The van der Waals surface area contributed by atoms with E-state index in [4.69, 9.17) is 5.73 Å². The number of hydrogen-bond donors (Lipinski definition) is 1. The van der Waals surface area contributed by atoms with Crippen molar-refractivity contribution in [2.75, 3.05) is 0 Å². The topological polar surface area (TPSA) is 26.0 Å². The van der Waals surface area contributed by atoms with Crippen molar-refractivity contribution in [1.82, 2.24) is 0 Å². The molecule has 5 heteroatoms. The number of nitrogens with two attached hydrogens (primary N) is 1. The van der Waals surface area contributed by atoms with E-state index < -0.39 is 17.7 Å². The largest absolute Gasteiger partial charge is 0.320 e. The van der Waals surface area contributed by atoms with Crippen molar-refractivity contribution in [3.8, 4) is 0 Å². The Kier molecular flexibility index (Phi) is 3.37. The van der Waals surface area contributed by atoms with Gasteiger partial charge in [-0.15, -0.1) is 0 Å². The standard InChI is InChI=1S/C11H8BrF2NS/c12-9-7(1-2-8(13)10(9)14)11(15)6-3-4-16-5-6/h1-5,11H,15H2. The Morgan fingerprint density at radius 2 is 2.00 bits per heavy atom. The normalized spacial score (nSPS) is 12.8. The van der Waals surface area contributed by atoms with Gasteiger partial charge in [0.25, 0.3) is 0 Å². The highest BCUT2D eigenvalue weighted by Gasteiger charge is 2.17. The molecular formula is C11H8BrF2NS. The molecule has 0 aliphatic rings. The van der Waals surface area contributed by atoms with Crippen LogP contribution >= 0.6 is 27.3 Å². The molecule has 1 nitrogen and oxygen atoms in total. The van der Waals surface area contributed by atoms with Gasteiger partial charge in [0, 0.05) is 0 Å². The zero-order chi connectivity index (χ0) is 11.7. The molecule has 0 amide bonds. The summed E-state index contributed by atoms with van der Waals surface area (Å²) in [5.74, 6) is -1.78. The monoisotopic (exact) mass is 303 g/mol. The predicted octanol–water partition coefficient (Wildman–Crippen LogP) is 3.84. The van der Waals surface area contributed by atoms with Crippen molar-refractivity contribution in [3.05, 3.63) is 56.2 Å². The molecular weight excluding hydrogens is 296 g/mol. The van der Waals surface area contributed by atoms with E-state index in [0.717, 1.165) is 11.6 Å². The molecule has 0 bridgehead atoms. The van der Waals surface area contributed by atoms with Gasteiger partial charge in [0.1, 0.15) is 0 Å². The molecule has 2 N–H and O–H groups in total. The van der Waals surface area contributed by atoms with Crippen LogP contribution < -0.4 is 5.73 Å². The molecule has 0 saturated carbocycles. The molecule has 1 aromatic heterocycles. The predicted molar refractivity (Wildman–Crippen MR) is 64.4 cm³/mol. The molecule has 0 saturated heterocycles. The van der Waals surface area contributed by atoms with Gasteiger partial charge in [-0.2, -0.15) is 11.3 Å². The van der Waals surface area contributed by atoms with Gasteiger partial charge >= 0.3 is 0 Å². The maximum absolute atomic E-state index is 13.3. The Labute approximate surface area is 104 Å². The second-order valence-corrected chi connectivity index (χ2v) is 4.87. The van der Waals surface area contributed by atoms with Crippen LogP contribution in [0, 0.1) is 11.6 Å². The minimum absolute atomic E-state index is 0.0891. The van der Waals surface area contributed by atoms with Crippen molar-refractivity contribution in [2.24, 2.45) is 5.73 Å². The molecule has 0 radical (unpaired) electrons. The third-order valence-corrected chi connectivity index (χ3v) is 3.81. The van der Waals surface area contributed by atoms with E-state index in [9.17, 15) is 8.78 Å². The van der Waals surface area contributed by atoms with Gasteiger partial charge in [-0.05, 0) is 49.9 Å². The van der Waals surface area contributed by atoms with Crippen molar-refractivity contribution >= 4 is 27.3 Å². The van der Waals surface area contributed by atoms with Gasteiger partial charge in [0.05, 0.1) is 10.5 Å². The van der Waals surface area contributed by atoms with Crippen LogP contribution in [0.3, 0.4) is 0 Å². The van der Waals surface area contributed by atoms with E-state index in [0.29, 0.717) is 5.56 Å². The molecule has 1 unspecified atom stereocenters. The van der Waals surface area contributed by atoms with Gasteiger partial charge in [0.15, 0.2) is 11.6 Å². The summed E-state index contributed by atoms with van der Waals surface area (Å²) in [7, 11) is 0. The lowest BCUT2D eigenvalue weighted by Gasteiger charge is -2.13. The smallest absolute Gasteiger partial charge is 0.173 e. The Morgan fingerprint density at radius 1 is 1.25 bits per heavy atom. The lowest BCUT2D eigenvalue weighted by Crippen LogP contribution is -2.12. The third kappa shape index (κ3) is 2.03. The number of hydrogen-bond acceptors (Lipinski definition) is 2.